The molecule has 2 aromatic heterocycles. The van der Waals surface area contributed by atoms with Gasteiger partial charge in [0.2, 0.25) is 0 Å². The number of para-hydroxylation sites is 2. The van der Waals surface area contributed by atoms with E-state index in [0.29, 0.717) is 44.3 Å². The van der Waals surface area contributed by atoms with Gasteiger partial charge in [-0.2, -0.15) is 26.3 Å². The number of aryl methyl sites for hydroxylation is 2. The number of hydrogen-bond acceptors (Lipinski definition) is 0. The molecule has 48 heavy (non-hydrogen) atoms. The van der Waals surface area contributed by atoms with Gasteiger partial charge < -0.3 is 9.13 Å². The average Bonchev–Trinajstić information content (AvgIpc) is 3.56. The molecule has 2 nitrogen and oxygen atoms in total. The number of halogens is 6. The smallest absolute Gasteiger partial charge is 0.309 e. The zero-order valence-electron chi connectivity index (χ0n) is 25.7. The first-order chi connectivity index (χ1) is 22.9. The highest BCUT2D eigenvalue weighted by Gasteiger charge is 2.35. The van der Waals surface area contributed by atoms with Gasteiger partial charge in [0.05, 0.1) is 33.2 Å². The summed E-state index contributed by atoms with van der Waals surface area (Å²) in [6, 6.07) is 34.0. The van der Waals surface area contributed by atoms with Crippen molar-refractivity contribution in [1.82, 2.24) is 9.13 Å². The molecule has 0 fully saturated rings. The Morgan fingerprint density at radius 1 is 0.438 bits per heavy atom. The van der Waals surface area contributed by atoms with Crippen LogP contribution in [0, 0.1) is 13.8 Å². The Morgan fingerprint density at radius 3 is 1.56 bits per heavy atom. The zero-order valence-corrected chi connectivity index (χ0v) is 25.7. The minimum Gasteiger partial charge on any atom is -0.309 e. The van der Waals surface area contributed by atoms with Gasteiger partial charge >= 0.3 is 12.4 Å². The molecule has 0 saturated heterocycles. The van der Waals surface area contributed by atoms with Crippen molar-refractivity contribution < 1.29 is 26.3 Å². The highest BCUT2D eigenvalue weighted by molar-refractivity contribution is 6.10. The molecule has 0 radical (unpaired) electrons. The Morgan fingerprint density at radius 2 is 0.958 bits per heavy atom. The maximum Gasteiger partial charge on any atom is 0.417 e. The van der Waals surface area contributed by atoms with Crippen LogP contribution in [0.5, 0.6) is 0 Å². The fraction of sp³-hybridized carbons (Fsp3) is 0.100. The van der Waals surface area contributed by atoms with Gasteiger partial charge in [0.25, 0.3) is 0 Å². The molecule has 0 aliphatic carbocycles. The van der Waals surface area contributed by atoms with Gasteiger partial charge in [-0.15, -0.1) is 0 Å². The molecule has 8 aromatic rings. The van der Waals surface area contributed by atoms with Crippen molar-refractivity contribution in [2.45, 2.75) is 26.2 Å². The van der Waals surface area contributed by atoms with Crippen LogP contribution in [-0.4, -0.2) is 9.13 Å². The van der Waals surface area contributed by atoms with Crippen LogP contribution in [0.3, 0.4) is 0 Å². The molecule has 0 bridgehead atoms. The molecule has 2 heterocycles. The second-order valence-electron chi connectivity index (χ2n) is 12.2. The topological polar surface area (TPSA) is 9.86 Å². The van der Waals surface area contributed by atoms with E-state index in [-0.39, 0.29) is 5.56 Å². The van der Waals surface area contributed by atoms with Crippen molar-refractivity contribution in [1.29, 1.82) is 0 Å². The van der Waals surface area contributed by atoms with E-state index < -0.39 is 23.5 Å². The lowest BCUT2D eigenvalue weighted by Crippen LogP contribution is -2.09. The quantitative estimate of drug-likeness (QED) is 0.169. The molecule has 238 valence electrons. The first kappa shape index (κ1) is 29.9. The lowest BCUT2D eigenvalue weighted by atomic mass is 9.94. The molecule has 0 aliphatic rings. The van der Waals surface area contributed by atoms with Crippen LogP contribution in [-0.2, 0) is 12.4 Å². The highest BCUT2D eigenvalue weighted by atomic mass is 19.4. The predicted octanol–water partition coefficient (Wildman–Crippen LogP) is 12.2. The summed E-state index contributed by atoms with van der Waals surface area (Å²) in [5.74, 6) is 0. The molecule has 8 heteroatoms. The van der Waals surface area contributed by atoms with Crippen LogP contribution < -0.4 is 0 Å². The number of rotatable bonds is 3. The third-order valence-electron chi connectivity index (χ3n) is 9.16. The molecule has 8 rings (SSSR count). The van der Waals surface area contributed by atoms with E-state index >= 15 is 0 Å². The Kier molecular flexibility index (Phi) is 6.54. The van der Waals surface area contributed by atoms with E-state index in [1.54, 1.807) is 60.0 Å². The average molecular weight is 649 g/mol. The maximum atomic E-state index is 14.7. The van der Waals surface area contributed by atoms with Crippen molar-refractivity contribution in [2.75, 3.05) is 0 Å². The van der Waals surface area contributed by atoms with Crippen LogP contribution in [0.1, 0.15) is 22.3 Å². The molecule has 0 saturated carbocycles. The van der Waals surface area contributed by atoms with Gasteiger partial charge in [0.1, 0.15) is 0 Å². The van der Waals surface area contributed by atoms with Gasteiger partial charge in [0, 0.05) is 32.9 Å². The third kappa shape index (κ3) is 4.66. The summed E-state index contributed by atoms with van der Waals surface area (Å²) < 4.78 is 89.0. The van der Waals surface area contributed by atoms with Gasteiger partial charge in [-0.05, 0) is 103 Å². The lowest BCUT2D eigenvalue weighted by molar-refractivity contribution is -0.138. The van der Waals surface area contributed by atoms with Gasteiger partial charge in [-0.3, -0.25) is 0 Å². The standard InChI is InChI=1S/C40H26F6N2/c1-23-11-17-37-32(19-23)28-7-3-5-9-35(28)48(37)27-15-16-34(40(44,45)46)31(22-27)30-21-26(14-12-24(30)2)47-36-10-6-4-8-29(36)33-20-25(39(41,42)43)13-18-38(33)47/h3-22H,1-2H3. The Labute approximate surface area is 271 Å². The second-order valence-corrected chi connectivity index (χ2v) is 12.2. The van der Waals surface area contributed by atoms with Crippen molar-refractivity contribution in [3.05, 3.63) is 144 Å². The zero-order chi connectivity index (χ0) is 33.5. The van der Waals surface area contributed by atoms with Gasteiger partial charge in [0.15, 0.2) is 0 Å². The van der Waals surface area contributed by atoms with Crippen molar-refractivity contribution in [3.8, 4) is 22.5 Å². The molecule has 0 N–H and O–H groups in total. The molecule has 0 amide bonds. The van der Waals surface area contributed by atoms with Crippen LogP contribution in [0.25, 0.3) is 66.1 Å². The first-order valence-electron chi connectivity index (χ1n) is 15.3. The fourth-order valence-corrected chi connectivity index (χ4v) is 6.97. The van der Waals surface area contributed by atoms with Crippen molar-refractivity contribution >= 4 is 43.6 Å². The molecular formula is C40H26F6N2. The molecule has 0 atom stereocenters. The van der Waals surface area contributed by atoms with Crippen LogP contribution in [0.2, 0.25) is 0 Å². The monoisotopic (exact) mass is 648 g/mol. The molecular weight excluding hydrogens is 622 g/mol. The molecule has 0 unspecified atom stereocenters. The molecule has 6 aromatic carbocycles. The molecule has 0 spiro atoms. The number of nitrogens with zero attached hydrogens (tertiary/aromatic N) is 2. The van der Waals surface area contributed by atoms with Crippen LogP contribution in [0.4, 0.5) is 26.3 Å². The third-order valence-corrected chi connectivity index (χ3v) is 9.16. The van der Waals surface area contributed by atoms with E-state index in [9.17, 15) is 26.3 Å². The van der Waals surface area contributed by atoms with Gasteiger partial charge in [-0.25, -0.2) is 0 Å². The van der Waals surface area contributed by atoms with Crippen LogP contribution >= 0.6 is 0 Å². The minimum absolute atomic E-state index is 0.0116. The summed E-state index contributed by atoms with van der Waals surface area (Å²) in [5, 5.41) is 3.02. The summed E-state index contributed by atoms with van der Waals surface area (Å²) in [5.41, 5.74) is 4.56. The fourth-order valence-electron chi connectivity index (χ4n) is 6.97. The largest absolute Gasteiger partial charge is 0.417 e. The summed E-state index contributed by atoms with van der Waals surface area (Å²) in [6.07, 6.45) is -9.17. The van der Waals surface area contributed by atoms with E-state index in [1.807, 2.05) is 47.9 Å². The molecule has 0 aliphatic heterocycles. The second kappa shape index (κ2) is 10.5. The van der Waals surface area contributed by atoms with Crippen LogP contribution in [0.15, 0.2) is 121 Å². The minimum atomic E-state index is -4.64. The number of alkyl halides is 6. The highest BCUT2D eigenvalue weighted by Crippen LogP contribution is 2.43. The van der Waals surface area contributed by atoms with E-state index in [2.05, 4.69) is 6.07 Å². The number of benzene rings is 6. The Balaban J connectivity index is 1.39. The number of hydrogen-bond donors (Lipinski definition) is 0. The first-order valence-corrected chi connectivity index (χ1v) is 15.3. The van der Waals surface area contributed by atoms with Crippen molar-refractivity contribution in [2.24, 2.45) is 0 Å². The van der Waals surface area contributed by atoms with E-state index in [1.165, 1.54) is 12.1 Å². The van der Waals surface area contributed by atoms with Crippen molar-refractivity contribution in [3.63, 3.8) is 0 Å². The Hall–Kier alpha value is -5.50. The normalized spacial score (nSPS) is 12.6. The summed E-state index contributed by atoms with van der Waals surface area (Å²) in [4.78, 5) is 0. The SMILES string of the molecule is Cc1ccc2c(c1)c1ccccc1n2-c1ccc(C(F)(F)F)c(-c2cc(-n3c4ccccc4c4cc(C(F)(F)F)ccc43)ccc2C)c1. The number of aromatic nitrogens is 2. The summed E-state index contributed by atoms with van der Waals surface area (Å²) in [6.45, 7) is 3.76. The summed E-state index contributed by atoms with van der Waals surface area (Å²) >= 11 is 0. The van der Waals surface area contributed by atoms with Gasteiger partial charge in [-0.1, -0.05) is 54.1 Å². The maximum absolute atomic E-state index is 14.7. The number of fused-ring (bicyclic) bond motifs is 6. The lowest BCUT2D eigenvalue weighted by Gasteiger charge is -2.19. The summed E-state index contributed by atoms with van der Waals surface area (Å²) in [7, 11) is 0. The predicted molar refractivity (Wildman–Crippen MR) is 180 cm³/mol. The van der Waals surface area contributed by atoms with E-state index in [4.69, 9.17) is 0 Å². The Bertz CT molecular complexity index is 2560. The van der Waals surface area contributed by atoms with E-state index in [0.717, 1.165) is 45.6 Å².